The lowest BCUT2D eigenvalue weighted by Gasteiger charge is -2.25. The van der Waals surface area contributed by atoms with E-state index >= 15 is 0 Å². The predicted octanol–water partition coefficient (Wildman–Crippen LogP) is 3.23. The highest BCUT2D eigenvalue weighted by Gasteiger charge is 2.25. The second-order valence-electron chi connectivity index (χ2n) is 7.81. The lowest BCUT2D eigenvalue weighted by atomic mass is 10.1. The van der Waals surface area contributed by atoms with Crippen LogP contribution in [0.5, 0.6) is 5.75 Å². The molecule has 1 fully saturated rings. The molecule has 28 heavy (non-hydrogen) atoms. The van der Waals surface area contributed by atoms with Crippen LogP contribution in [0.1, 0.15) is 31.4 Å². The van der Waals surface area contributed by atoms with E-state index in [9.17, 15) is 9.90 Å². The highest BCUT2D eigenvalue weighted by atomic mass is 16.3. The second kappa shape index (κ2) is 9.55. The van der Waals surface area contributed by atoms with Crippen LogP contribution in [0.25, 0.3) is 0 Å². The molecule has 0 saturated carbocycles. The molecule has 1 aliphatic heterocycles. The van der Waals surface area contributed by atoms with Crippen molar-refractivity contribution in [1.82, 2.24) is 20.1 Å². The summed E-state index contributed by atoms with van der Waals surface area (Å²) in [5, 5.41) is 12.6. The van der Waals surface area contributed by atoms with Gasteiger partial charge in [-0.1, -0.05) is 18.2 Å². The number of likely N-dealkylation sites (tertiary alicyclic amines) is 1. The number of aromatic hydroxyl groups is 1. The average molecular weight is 383 g/mol. The summed E-state index contributed by atoms with van der Waals surface area (Å²) in [6, 6.07) is 11.3. The Bertz CT molecular complexity index is 749. The van der Waals surface area contributed by atoms with Crippen molar-refractivity contribution in [1.29, 1.82) is 0 Å². The van der Waals surface area contributed by atoms with E-state index in [1.54, 1.807) is 29.4 Å². The number of hydrogen-bond acceptors (Lipinski definition) is 4. The minimum absolute atomic E-state index is 0.0695. The summed E-state index contributed by atoms with van der Waals surface area (Å²) in [5.41, 5.74) is 1.96. The quantitative estimate of drug-likeness (QED) is 0.771. The summed E-state index contributed by atoms with van der Waals surface area (Å²) in [6.07, 6.45) is 4.64. The number of hydrogen-bond donors (Lipinski definition) is 2. The Morgan fingerprint density at radius 2 is 2.00 bits per heavy atom. The monoisotopic (exact) mass is 382 g/mol. The fourth-order valence-corrected chi connectivity index (χ4v) is 3.57. The third-order valence-electron chi connectivity index (χ3n) is 5.28. The number of pyridine rings is 1. The van der Waals surface area contributed by atoms with E-state index in [2.05, 4.69) is 29.0 Å². The minimum Gasteiger partial charge on any atom is -0.508 e. The predicted molar refractivity (Wildman–Crippen MR) is 110 cm³/mol. The molecule has 3 rings (SSSR count). The minimum atomic E-state index is -0.0695. The van der Waals surface area contributed by atoms with Gasteiger partial charge in [-0.05, 0) is 62.1 Å². The number of nitrogens with zero attached hydrogens (tertiary/aromatic N) is 3. The number of phenolic OH excluding ortho intramolecular Hbond substituents is 1. The van der Waals surface area contributed by atoms with Crippen molar-refractivity contribution in [2.75, 3.05) is 19.6 Å². The van der Waals surface area contributed by atoms with Crippen LogP contribution >= 0.6 is 0 Å². The van der Waals surface area contributed by atoms with Gasteiger partial charge in [-0.25, -0.2) is 4.79 Å². The van der Waals surface area contributed by atoms with Crippen LogP contribution in [0.3, 0.4) is 0 Å². The van der Waals surface area contributed by atoms with Crippen LogP contribution in [-0.2, 0) is 13.1 Å². The molecule has 6 nitrogen and oxygen atoms in total. The van der Waals surface area contributed by atoms with E-state index in [1.165, 1.54) is 0 Å². The van der Waals surface area contributed by atoms with Crippen LogP contribution in [-0.4, -0.2) is 51.6 Å². The maximum Gasteiger partial charge on any atom is 0.318 e. The molecule has 1 aromatic carbocycles. The molecule has 1 aliphatic rings. The fraction of sp³-hybridized carbons (Fsp3) is 0.455. The molecule has 1 aromatic heterocycles. The first-order valence-electron chi connectivity index (χ1n) is 9.95. The van der Waals surface area contributed by atoms with Gasteiger partial charge in [-0.3, -0.25) is 4.98 Å². The Morgan fingerprint density at radius 1 is 1.25 bits per heavy atom. The van der Waals surface area contributed by atoms with Crippen molar-refractivity contribution in [2.45, 2.75) is 39.4 Å². The zero-order valence-electron chi connectivity index (χ0n) is 16.7. The van der Waals surface area contributed by atoms with Gasteiger partial charge in [-0.2, -0.15) is 0 Å². The van der Waals surface area contributed by atoms with E-state index in [4.69, 9.17) is 0 Å². The molecule has 0 spiro atoms. The molecule has 2 heterocycles. The van der Waals surface area contributed by atoms with E-state index in [0.717, 1.165) is 30.6 Å². The van der Waals surface area contributed by atoms with Gasteiger partial charge in [0.2, 0.25) is 0 Å². The molecule has 0 bridgehead atoms. The van der Waals surface area contributed by atoms with Gasteiger partial charge in [0.05, 0.1) is 0 Å². The van der Waals surface area contributed by atoms with Gasteiger partial charge in [0.25, 0.3) is 0 Å². The topological polar surface area (TPSA) is 68.7 Å². The molecule has 1 saturated heterocycles. The van der Waals surface area contributed by atoms with E-state index in [0.29, 0.717) is 31.6 Å². The van der Waals surface area contributed by atoms with Crippen LogP contribution in [0.15, 0.2) is 48.8 Å². The molecule has 6 heteroatoms. The lowest BCUT2D eigenvalue weighted by molar-refractivity contribution is 0.190. The first kappa shape index (κ1) is 20.1. The zero-order chi connectivity index (χ0) is 19.9. The molecule has 0 unspecified atom stereocenters. The van der Waals surface area contributed by atoms with Crippen molar-refractivity contribution in [3.63, 3.8) is 0 Å². The number of phenols is 1. The average Bonchev–Trinajstić information content (AvgIpc) is 3.17. The summed E-state index contributed by atoms with van der Waals surface area (Å²) in [6.45, 7) is 8.24. The normalized spacial score (nSPS) is 17.0. The van der Waals surface area contributed by atoms with E-state index in [-0.39, 0.29) is 11.8 Å². The number of urea groups is 1. The number of aromatic nitrogens is 1. The largest absolute Gasteiger partial charge is 0.508 e. The van der Waals surface area contributed by atoms with Crippen molar-refractivity contribution < 1.29 is 9.90 Å². The van der Waals surface area contributed by atoms with Gasteiger partial charge in [-0.15, -0.1) is 0 Å². The van der Waals surface area contributed by atoms with Crippen LogP contribution < -0.4 is 5.32 Å². The SMILES string of the molecule is CC(C)N1CC[C@H](CNC(=O)N(Cc2ccc(O)cc2)Cc2cccnc2)C1. The summed E-state index contributed by atoms with van der Waals surface area (Å²) in [4.78, 5) is 21.3. The Morgan fingerprint density at radius 3 is 2.64 bits per heavy atom. The fourth-order valence-electron chi connectivity index (χ4n) is 3.57. The molecule has 150 valence electrons. The molecule has 2 N–H and O–H groups in total. The molecule has 1 atom stereocenters. The molecular weight excluding hydrogens is 352 g/mol. The van der Waals surface area contributed by atoms with Crippen LogP contribution in [0.2, 0.25) is 0 Å². The summed E-state index contributed by atoms with van der Waals surface area (Å²) < 4.78 is 0. The van der Waals surface area contributed by atoms with Crippen molar-refractivity contribution >= 4 is 6.03 Å². The van der Waals surface area contributed by atoms with Gasteiger partial charge in [0.15, 0.2) is 0 Å². The summed E-state index contributed by atoms with van der Waals surface area (Å²) in [7, 11) is 0. The standard InChI is InChI=1S/C22H30N4O2/c1-17(2)25-11-9-20(15-25)13-24-22(28)26(16-19-4-3-10-23-12-19)14-18-5-7-21(27)8-6-18/h3-8,10,12,17,20,27H,9,11,13-16H2,1-2H3,(H,24,28)/t20-/m1/s1. The Hall–Kier alpha value is -2.60. The molecule has 2 amide bonds. The molecule has 2 aromatic rings. The van der Waals surface area contributed by atoms with Crippen molar-refractivity contribution in [2.24, 2.45) is 5.92 Å². The molecular formula is C22H30N4O2. The van der Waals surface area contributed by atoms with Crippen molar-refractivity contribution in [3.05, 3.63) is 59.9 Å². The van der Waals surface area contributed by atoms with Crippen LogP contribution in [0.4, 0.5) is 4.79 Å². The van der Waals surface area contributed by atoms with Gasteiger partial charge < -0.3 is 20.2 Å². The third kappa shape index (κ3) is 5.70. The Balaban J connectivity index is 1.61. The first-order chi connectivity index (χ1) is 13.5. The Kier molecular flexibility index (Phi) is 6.87. The summed E-state index contributed by atoms with van der Waals surface area (Å²) >= 11 is 0. The number of rotatable bonds is 7. The second-order valence-corrected chi connectivity index (χ2v) is 7.81. The number of carbonyl (C=O) groups excluding carboxylic acids is 1. The highest BCUT2D eigenvalue weighted by Crippen LogP contribution is 2.18. The number of nitrogens with one attached hydrogen (secondary N) is 1. The smallest absolute Gasteiger partial charge is 0.318 e. The highest BCUT2D eigenvalue weighted by molar-refractivity contribution is 5.74. The van der Waals surface area contributed by atoms with E-state index in [1.807, 2.05) is 24.3 Å². The number of amides is 2. The summed E-state index contributed by atoms with van der Waals surface area (Å²) in [5.74, 6) is 0.725. The zero-order valence-corrected chi connectivity index (χ0v) is 16.7. The maximum absolute atomic E-state index is 12.9. The number of benzene rings is 1. The van der Waals surface area contributed by atoms with Gasteiger partial charge in [0.1, 0.15) is 5.75 Å². The first-order valence-corrected chi connectivity index (χ1v) is 9.95. The van der Waals surface area contributed by atoms with E-state index < -0.39 is 0 Å². The molecule has 0 aliphatic carbocycles. The maximum atomic E-state index is 12.9. The number of carbonyl (C=O) groups is 1. The lowest BCUT2D eigenvalue weighted by Crippen LogP contribution is -2.41. The molecule has 0 radical (unpaired) electrons. The Labute approximate surface area is 167 Å². The van der Waals surface area contributed by atoms with Crippen LogP contribution in [0, 0.1) is 5.92 Å². The third-order valence-corrected chi connectivity index (χ3v) is 5.28. The van der Waals surface area contributed by atoms with Gasteiger partial charge in [0, 0.05) is 44.6 Å². The van der Waals surface area contributed by atoms with Crippen molar-refractivity contribution in [3.8, 4) is 5.75 Å². The van der Waals surface area contributed by atoms with Gasteiger partial charge >= 0.3 is 6.03 Å².